The molecular formula is C21H30N4O4. The summed E-state index contributed by atoms with van der Waals surface area (Å²) in [6, 6.07) is 9.45. The van der Waals surface area contributed by atoms with Gasteiger partial charge in [-0.3, -0.25) is 9.80 Å². The van der Waals surface area contributed by atoms with Gasteiger partial charge in [-0.05, 0) is 44.6 Å². The van der Waals surface area contributed by atoms with Gasteiger partial charge in [-0.1, -0.05) is 18.2 Å². The van der Waals surface area contributed by atoms with Crippen LogP contribution in [0.25, 0.3) is 10.9 Å². The molecule has 2 aliphatic heterocycles. The molecule has 0 radical (unpaired) electrons. The van der Waals surface area contributed by atoms with E-state index in [-0.39, 0.29) is 0 Å². The van der Waals surface area contributed by atoms with Crippen LogP contribution in [0, 0.1) is 0 Å². The number of nitrogens with one attached hydrogen (secondary N) is 1. The van der Waals surface area contributed by atoms with Crippen LogP contribution < -0.4 is 0 Å². The standard InChI is InChI=1S/C19H28N4.C2H2O4/c1-21-10-12-23(13-11-21)17-6-8-22(9-7-17)15-16-14-20-19-5-3-2-4-18(16)19;3-1(4)2(5)6/h2-5,14,17,20H,6-13,15H2,1H3;(H,3,4)(H,5,6). The molecule has 4 rings (SSSR count). The van der Waals surface area contributed by atoms with Crippen molar-refractivity contribution in [3.05, 3.63) is 36.0 Å². The smallest absolute Gasteiger partial charge is 0.414 e. The maximum absolute atomic E-state index is 9.10. The molecular weight excluding hydrogens is 372 g/mol. The summed E-state index contributed by atoms with van der Waals surface area (Å²) < 4.78 is 0. The van der Waals surface area contributed by atoms with Crippen molar-refractivity contribution in [2.75, 3.05) is 46.3 Å². The number of benzene rings is 1. The van der Waals surface area contributed by atoms with E-state index >= 15 is 0 Å². The van der Waals surface area contributed by atoms with Crippen molar-refractivity contribution in [1.82, 2.24) is 19.7 Å². The number of piperidine rings is 1. The van der Waals surface area contributed by atoms with Crippen LogP contribution in [0.3, 0.4) is 0 Å². The van der Waals surface area contributed by atoms with Gasteiger partial charge < -0.3 is 20.1 Å². The molecule has 0 amide bonds. The number of para-hydroxylation sites is 1. The Morgan fingerprint density at radius 1 is 1.00 bits per heavy atom. The average Bonchev–Trinajstić information content (AvgIpc) is 3.13. The summed E-state index contributed by atoms with van der Waals surface area (Å²) in [7, 11) is 2.24. The van der Waals surface area contributed by atoms with Crippen LogP contribution in [-0.4, -0.2) is 94.2 Å². The lowest BCUT2D eigenvalue weighted by molar-refractivity contribution is -0.159. The number of likely N-dealkylation sites (N-methyl/N-ethyl adjacent to an activating group) is 1. The largest absolute Gasteiger partial charge is 0.473 e. The minimum Gasteiger partial charge on any atom is -0.473 e. The fourth-order valence-electron chi connectivity index (χ4n) is 4.13. The van der Waals surface area contributed by atoms with E-state index < -0.39 is 11.9 Å². The minimum absolute atomic E-state index is 0.808. The zero-order valence-electron chi connectivity index (χ0n) is 16.9. The van der Waals surface area contributed by atoms with Gasteiger partial charge in [0.2, 0.25) is 0 Å². The van der Waals surface area contributed by atoms with Gasteiger partial charge in [0.25, 0.3) is 0 Å². The molecule has 1 aromatic heterocycles. The van der Waals surface area contributed by atoms with Crippen molar-refractivity contribution in [2.45, 2.75) is 25.4 Å². The Bertz CT molecular complexity index is 809. The topological polar surface area (TPSA) is 100 Å². The summed E-state index contributed by atoms with van der Waals surface area (Å²) in [5.74, 6) is -3.65. The molecule has 2 saturated heterocycles. The number of aromatic nitrogens is 1. The highest BCUT2D eigenvalue weighted by Crippen LogP contribution is 2.23. The van der Waals surface area contributed by atoms with Gasteiger partial charge in [0, 0.05) is 55.9 Å². The lowest BCUT2D eigenvalue weighted by Crippen LogP contribution is -2.52. The molecule has 158 valence electrons. The molecule has 3 heterocycles. The zero-order chi connectivity index (χ0) is 20.8. The quantitative estimate of drug-likeness (QED) is 0.670. The molecule has 8 nitrogen and oxygen atoms in total. The SMILES string of the molecule is CN1CCN(C2CCN(Cc3c[nH]c4ccccc34)CC2)CC1.O=C(O)C(=O)O. The first-order valence-corrected chi connectivity index (χ1v) is 10.1. The number of piperazine rings is 1. The summed E-state index contributed by atoms with van der Waals surface area (Å²) in [5.41, 5.74) is 2.70. The van der Waals surface area contributed by atoms with E-state index in [0.717, 1.165) is 12.6 Å². The number of carboxylic acid groups (broad SMARTS) is 2. The number of nitrogens with zero attached hydrogens (tertiary/aromatic N) is 3. The van der Waals surface area contributed by atoms with Crippen molar-refractivity contribution >= 4 is 22.8 Å². The van der Waals surface area contributed by atoms with Crippen LogP contribution >= 0.6 is 0 Å². The van der Waals surface area contributed by atoms with Gasteiger partial charge in [0.05, 0.1) is 0 Å². The number of hydrogen-bond acceptors (Lipinski definition) is 5. The molecule has 0 spiro atoms. The minimum atomic E-state index is -1.82. The van der Waals surface area contributed by atoms with E-state index in [1.54, 1.807) is 0 Å². The molecule has 1 aromatic carbocycles. The normalized spacial score (nSPS) is 19.6. The first-order chi connectivity index (χ1) is 13.9. The van der Waals surface area contributed by atoms with E-state index in [4.69, 9.17) is 19.8 Å². The predicted octanol–water partition coefficient (Wildman–Crippen LogP) is 1.54. The first-order valence-electron chi connectivity index (χ1n) is 10.1. The third kappa shape index (κ3) is 5.79. The number of carbonyl (C=O) groups is 2. The van der Waals surface area contributed by atoms with Crippen molar-refractivity contribution in [3.8, 4) is 0 Å². The van der Waals surface area contributed by atoms with E-state index in [9.17, 15) is 0 Å². The Morgan fingerprint density at radius 2 is 1.62 bits per heavy atom. The lowest BCUT2D eigenvalue weighted by atomic mass is 10.0. The molecule has 0 unspecified atom stereocenters. The molecule has 2 fully saturated rings. The van der Waals surface area contributed by atoms with E-state index in [2.05, 4.69) is 57.2 Å². The molecule has 0 saturated carbocycles. The number of likely N-dealkylation sites (tertiary alicyclic amines) is 1. The fourth-order valence-corrected chi connectivity index (χ4v) is 4.13. The van der Waals surface area contributed by atoms with E-state index in [0.29, 0.717) is 0 Å². The number of hydrogen-bond donors (Lipinski definition) is 3. The average molecular weight is 402 g/mol. The molecule has 2 aromatic rings. The Kier molecular flexibility index (Phi) is 7.24. The second-order valence-corrected chi connectivity index (χ2v) is 7.82. The number of aromatic amines is 1. The summed E-state index contributed by atoms with van der Waals surface area (Å²) in [4.78, 5) is 29.4. The summed E-state index contributed by atoms with van der Waals surface area (Å²) in [6.07, 6.45) is 4.84. The summed E-state index contributed by atoms with van der Waals surface area (Å²) >= 11 is 0. The van der Waals surface area contributed by atoms with E-state index in [1.165, 1.54) is 68.6 Å². The monoisotopic (exact) mass is 402 g/mol. The molecule has 0 bridgehead atoms. The van der Waals surface area contributed by atoms with Crippen LogP contribution in [0.1, 0.15) is 18.4 Å². The van der Waals surface area contributed by atoms with Gasteiger partial charge in [0.15, 0.2) is 0 Å². The van der Waals surface area contributed by atoms with Gasteiger partial charge in [-0.15, -0.1) is 0 Å². The number of fused-ring (bicyclic) bond motifs is 1. The molecule has 29 heavy (non-hydrogen) atoms. The number of carboxylic acids is 2. The molecule has 0 atom stereocenters. The zero-order valence-corrected chi connectivity index (χ0v) is 16.9. The second kappa shape index (κ2) is 9.87. The Balaban J connectivity index is 0.000000353. The number of rotatable bonds is 3. The molecule has 8 heteroatoms. The number of aliphatic carboxylic acids is 2. The fraction of sp³-hybridized carbons (Fsp3) is 0.524. The van der Waals surface area contributed by atoms with Crippen molar-refractivity contribution in [1.29, 1.82) is 0 Å². The lowest BCUT2D eigenvalue weighted by Gasteiger charge is -2.42. The molecule has 0 aliphatic carbocycles. The van der Waals surface area contributed by atoms with Gasteiger partial charge in [-0.25, -0.2) is 9.59 Å². The Labute approximate surface area is 170 Å². The predicted molar refractivity (Wildman–Crippen MR) is 111 cm³/mol. The second-order valence-electron chi connectivity index (χ2n) is 7.82. The van der Waals surface area contributed by atoms with Crippen LogP contribution in [0.4, 0.5) is 0 Å². The summed E-state index contributed by atoms with van der Waals surface area (Å²) in [5, 5.41) is 16.2. The molecule has 3 N–H and O–H groups in total. The van der Waals surface area contributed by atoms with Crippen LogP contribution in [0.15, 0.2) is 30.5 Å². The third-order valence-corrected chi connectivity index (χ3v) is 5.86. The highest BCUT2D eigenvalue weighted by atomic mass is 16.4. The highest BCUT2D eigenvalue weighted by Gasteiger charge is 2.26. The first kappa shape index (κ1) is 21.3. The van der Waals surface area contributed by atoms with Crippen LogP contribution in [0.2, 0.25) is 0 Å². The number of H-pyrrole nitrogens is 1. The third-order valence-electron chi connectivity index (χ3n) is 5.86. The van der Waals surface area contributed by atoms with Crippen LogP contribution in [0.5, 0.6) is 0 Å². The maximum Gasteiger partial charge on any atom is 0.414 e. The van der Waals surface area contributed by atoms with Crippen molar-refractivity contribution < 1.29 is 19.8 Å². The molecule has 2 aliphatic rings. The van der Waals surface area contributed by atoms with Gasteiger partial charge in [0.1, 0.15) is 0 Å². The highest BCUT2D eigenvalue weighted by molar-refractivity contribution is 6.27. The van der Waals surface area contributed by atoms with E-state index in [1.807, 2.05) is 0 Å². The summed E-state index contributed by atoms with van der Waals surface area (Å²) in [6.45, 7) is 8.52. The van der Waals surface area contributed by atoms with Crippen LogP contribution in [-0.2, 0) is 16.1 Å². The van der Waals surface area contributed by atoms with Crippen molar-refractivity contribution in [2.24, 2.45) is 0 Å². The van der Waals surface area contributed by atoms with Crippen molar-refractivity contribution in [3.63, 3.8) is 0 Å². The maximum atomic E-state index is 9.10. The van der Waals surface area contributed by atoms with Gasteiger partial charge in [-0.2, -0.15) is 0 Å². The Morgan fingerprint density at radius 3 is 2.24 bits per heavy atom. The van der Waals surface area contributed by atoms with Gasteiger partial charge >= 0.3 is 11.9 Å². The Hall–Kier alpha value is -2.42.